The molecule has 0 saturated heterocycles. The summed E-state index contributed by atoms with van der Waals surface area (Å²) in [4.78, 5) is 8.20. The zero-order chi connectivity index (χ0) is 33.3. The fourth-order valence-electron chi connectivity index (χ4n) is 5.25. The number of nitrogens with zero attached hydrogens (tertiary/aromatic N) is 2. The molecule has 3 N–H and O–H groups in total. The molecular weight excluding hydrogens is 616 g/mol. The van der Waals surface area contributed by atoms with Crippen molar-refractivity contribution < 1.29 is 24.4 Å². The molecule has 0 spiro atoms. The van der Waals surface area contributed by atoms with E-state index in [1.165, 1.54) is 19.0 Å². The largest absolute Gasteiger partial charge is 0.396 e. The van der Waals surface area contributed by atoms with Gasteiger partial charge < -0.3 is 5.11 Å². The maximum absolute atomic E-state index is 13.9. The lowest BCUT2D eigenvalue weighted by atomic mass is 9.93. The van der Waals surface area contributed by atoms with Crippen LogP contribution in [0.5, 0.6) is 0 Å². The maximum atomic E-state index is 13.9. The highest BCUT2D eigenvalue weighted by Gasteiger charge is 2.22. The average Bonchev–Trinajstić information content (AvgIpc) is 3.69. The van der Waals surface area contributed by atoms with Crippen LogP contribution in [0.4, 0.5) is 8.78 Å². The molecule has 2 heterocycles. The Morgan fingerprint density at radius 3 is 1.80 bits per heavy atom. The number of pyridine rings is 2. The summed E-state index contributed by atoms with van der Waals surface area (Å²) in [5.74, 6) is -0.437. The van der Waals surface area contributed by atoms with E-state index in [0.717, 1.165) is 50.1 Å². The molecule has 10 heteroatoms. The third-order valence-electron chi connectivity index (χ3n) is 7.41. The number of benzene rings is 2. The van der Waals surface area contributed by atoms with Gasteiger partial charge in [0, 0.05) is 41.6 Å². The first-order valence-corrected chi connectivity index (χ1v) is 14.7. The Kier molecular flexibility index (Phi) is 13.2. The first kappa shape index (κ1) is 35.8. The van der Waals surface area contributed by atoms with Gasteiger partial charge in [-0.3, -0.25) is 10.5 Å². The van der Waals surface area contributed by atoms with Crippen LogP contribution in [0.1, 0.15) is 64.3 Å². The lowest BCUT2D eigenvalue weighted by Gasteiger charge is -2.15. The Morgan fingerprint density at radius 2 is 1.33 bits per heavy atom. The predicted molar refractivity (Wildman–Crippen MR) is 182 cm³/mol. The summed E-state index contributed by atoms with van der Waals surface area (Å²) in [5, 5.41) is 22.2. The Morgan fingerprint density at radius 1 is 0.867 bits per heavy atom. The number of rotatable bonds is 5. The summed E-state index contributed by atoms with van der Waals surface area (Å²) in [6.07, 6.45) is 8.54. The minimum Gasteiger partial charge on any atom is -0.396 e. The second-order valence-electron chi connectivity index (χ2n) is 10.3. The summed E-state index contributed by atoms with van der Waals surface area (Å²) in [6, 6.07) is 13.9. The van der Waals surface area contributed by atoms with Gasteiger partial charge in [0.15, 0.2) is 0 Å². The molecule has 0 bridgehead atoms. The van der Waals surface area contributed by atoms with E-state index >= 15 is 0 Å². The lowest BCUT2D eigenvalue weighted by molar-refractivity contribution is -0.176. The molecule has 232 valence electrons. The van der Waals surface area contributed by atoms with Gasteiger partial charge in [-0.15, -0.1) is 0 Å². The Balaban J connectivity index is 0.000000221. The number of hydrogen-bond acceptors (Lipinski definition) is 5. The van der Waals surface area contributed by atoms with Crippen LogP contribution < -0.4 is 0 Å². The van der Waals surface area contributed by atoms with E-state index in [1.807, 2.05) is 44.2 Å². The molecule has 0 saturated carbocycles. The summed E-state index contributed by atoms with van der Waals surface area (Å²) in [5.41, 5.74) is 10.1. The minimum absolute atomic E-state index is 0.0326. The summed E-state index contributed by atoms with van der Waals surface area (Å²) >= 11 is 12.0. The van der Waals surface area contributed by atoms with E-state index in [-0.39, 0.29) is 24.2 Å². The van der Waals surface area contributed by atoms with Crippen molar-refractivity contribution in [3.8, 4) is 0 Å². The number of halogens is 4. The smallest absolute Gasteiger partial charge is 0.130 e. The number of hydrogen-bond donors (Lipinski definition) is 3. The summed E-state index contributed by atoms with van der Waals surface area (Å²) < 4.78 is 27.7. The molecule has 1 atom stereocenters. The standard InChI is InChI=1S/C17H15ClFNO.C17H13ClFN.CH3B.H2O2/c1-10(9-21)15-8-20-17(18)7-13(15)12-5-11-3-2-4-16(19)14(11)6-12;1-10(2)15-9-20-17(18)8-13(15)12-6-11-4-3-5-16(19)14(11)7-12;2*1-2/h2-4,6-8,10,21H,5,9H2,1H3;3-5,7-9H,1,6H2,2H3;1H3;1-2H. The van der Waals surface area contributed by atoms with Crippen LogP contribution in [0.25, 0.3) is 28.9 Å². The highest BCUT2D eigenvalue weighted by Crippen LogP contribution is 2.38. The van der Waals surface area contributed by atoms with E-state index in [4.69, 9.17) is 33.7 Å². The molecule has 2 radical (unpaired) electrons. The lowest BCUT2D eigenvalue weighted by Crippen LogP contribution is -2.04. The number of aromatic nitrogens is 2. The zero-order valence-corrected chi connectivity index (χ0v) is 26.7. The predicted octanol–water partition coefficient (Wildman–Crippen LogP) is 9.29. The fourth-order valence-corrected chi connectivity index (χ4v) is 5.56. The molecule has 1 unspecified atom stereocenters. The molecule has 4 aromatic rings. The molecule has 6 rings (SSSR count). The molecule has 2 aromatic heterocycles. The monoisotopic (exact) mass is 648 g/mol. The summed E-state index contributed by atoms with van der Waals surface area (Å²) in [6.45, 7) is 9.36. The molecular formula is C35H33BCl2F2N2O3. The van der Waals surface area contributed by atoms with Crippen molar-refractivity contribution in [1.29, 1.82) is 0 Å². The van der Waals surface area contributed by atoms with Gasteiger partial charge in [-0.1, -0.05) is 67.8 Å². The molecule has 0 amide bonds. The van der Waals surface area contributed by atoms with Crippen molar-refractivity contribution in [3.05, 3.63) is 134 Å². The van der Waals surface area contributed by atoms with E-state index in [2.05, 4.69) is 24.4 Å². The second-order valence-corrected chi connectivity index (χ2v) is 11.1. The van der Waals surface area contributed by atoms with Crippen molar-refractivity contribution in [2.24, 2.45) is 0 Å². The second kappa shape index (κ2) is 16.6. The highest BCUT2D eigenvalue weighted by molar-refractivity contribution is 6.30. The molecule has 0 fully saturated rings. The molecule has 2 aliphatic carbocycles. The van der Waals surface area contributed by atoms with E-state index < -0.39 is 0 Å². The molecule has 5 nitrogen and oxygen atoms in total. The van der Waals surface area contributed by atoms with Crippen LogP contribution in [0.3, 0.4) is 0 Å². The van der Waals surface area contributed by atoms with Crippen LogP contribution in [0.15, 0.2) is 67.5 Å². The Hall–Kier alpha value is -3.66. The molecule has 2 aromatic carbocycles. The van der Waals surface area contributed by atoms with Crippen molar-refractivity contribution in [1.82, 2.24) is 9.97 Å². The van der Waals surface area contributed by atoms with E-state index in [1.54, 1.807) is 30.6 Å². The van der Waals surface area contributed by atoms with Crippen LogP contribution in [0, 0.1) is 11.6 Å². The third-order valence-corrected chi connectivity index (χ3v) is 7.83. The first-order chi connectivity index (χ1) is 21.7. The average molecular weight is 649 g/mol. The molecule has 2 aliphatic rings. The topological polar surface area (TPSA) is 86.5 Å². The zero-order valence-electron chi connectivity index (χ0n) is 25.2. The third kappa shape index (κ3) is 8.34. The quantitative estimate of drug-likeness (QED) is 0.0869. The number of fused-ring (bicyclic) bond motifs is 2. The van der Waals surface area contributed by atoms with Crippen LogP contribution in [-0.4, -0.2) is 40.0 Å². The van der Waals surface area contributed by atoms with Gasteiger partial charge in [-0.25, -0.2) is 18.7 Å². The van der Waals surface area contributed by atoms with Gasteiger partial charge in [0.05, 0.1) is 7.85 Å². The SMILES string of the molecule is C=C(C)c1cnc(Cl)cc1C1=Cc2c(F)cccc2C1.CC(CO)c1cnc(Cl)cc1C1=Cc2c(F)cccc2C1.OO.[B]C. The van der Waals surface area contributed by atoms with Gasteiger partial charge >= 0.3 is 0 Å². The van der Waals surface area contributed by atoms with Crippen LogP contribution in [0.2, 0.25) is 17.1 Å². The summed E-state index contributed by atoms with van der Waals surface area (Å²) in [7, 11) is 4.50. The van der Waals surface area contributed by atoms with Gasteiger partial charge in [0.25, 0.3) is 0 Å². The van der Waals surface area contributed by atoms with Gasteiger partial charge in [-0.05, 0) is 101 Å². The number of aliphatic hydroxyl groups is 1. The number of aliphatic hydroxyl groups excluding tert-OH is 1. The van der Waals surface area contributed by atoms with E-state index in [0.29, 0.717) is 34.3 Å². The van der Waals surface area contributed by atoms with Gasteiger partial charge in [0.2, 0.25) is 0 Å². The van der Waals surface area contributed by atoms with Crippen LogP contribution >= 0.6 is 23.2 Å². The minimum atomic E-state index is -0.209. The Labute approximate surface area is 273 Å². The van der Waals surface area contributed by atoms with Gasteiger partial charge in [0.1, 0.15) is 21.9 Å². The van der Waals surface area contributed by atoms with E-state index in [9.17, 15) is 13.9 Å². The maximum Gasteiger partial charge on any atom is 0.130 e. The van der Waals surface area contributed by atoms with Gasteiger partial charge in [-0.2, -0.15) is 0 Å². The molecule has 0 aliphatic heterocycles. The van der Waals surface area contributed by atoms with Crippen molar-refractivity contribution in [2.45, 2.75) is 39.4 Å². The van der Waals surface area contributed by atoms with Crippen molar-refractivity contribution in [3.63, 3.8) is 0 Å². The van der Waals surface area contributed by atoms with Crippen molar-refractivity contribution in [2.75, 3.05) is 6.61 Å². The first-order valence-electron chi connectivity index (χ1n) is 14.0. The number of allylic oxidation sites excluding steroid dienone is 3. The molecule has 45 heavy (non-hydrogen) atoms. The normalized spacial score (nSPS) is 12.9. The highest BCUT2D eigenvalue weighted by atomic mass is 35.5. The van der Waals surface area contributed by atoms with Crippen LogP contribution in [-0.2, 0) is 12.8 Å². The fraction of sp³-hybridized carbons (Fsp3) is 0.200. The van der Waals surface area contributed by atoms with Crippen molar-refractivity contribution >= 4 is 59.9 Å². The Bertz CT molecular complexity index is 1740.